The van der Waals surface area contributed by atoms with Crippen LogP contribution in [0.5, 0.6) is 5.88 Å². The fourth-order valence-corrected chi connectivity index (χ4v) is 2.62. The SMILES string of the molecule is COc1nccc(C)c1-c1cc(C(F)(F)F)cc2c1C=NC2. The van der Waals surface area contributed by atoms with Crippen molar-refractivity contribution < 1.29 is 17.9 Å². The van der Waals surface area contributed by atoms with Gasteiger partial charge in [-0.25, -0.2) is 4.98 Å². The van der Waals surface area contributed by atoms with Gasteiger partial charge in [0, 0.05) is 23.5 Å². The monoisotopic (exact) mass is 306 g/mol. The van der Waals surface area contributed by atoms with Crippen molar-refractivity contribution in [2.75, 3.05) is 7.11 Å². The van der Waals surface area contributed by atoms with Gasteiger partial charge < -0.3 is 4.74 Å². The lowest BCUT2D eigenvalue weighted by Crippen LogP contribution is -2.08. The molecule has 3 nitrogen and oxygen atoms in total. The number of aryl methyl sites for hydroxylation is 1. The molecule has 2 aromatic rings. The third-order valence-corrected chi connectivity index (χ3v) is 3.66. The van der Waals surface area contributed by atoms with Crippen molar-refractivity contribution in [3.05, 3.63) is 46.6 Å². The Kier molecular flexibility index (Phi) is 3.39. The van der Waals surface area contributed by atoms with E-state index in [1.807, 2.05) is 6.92 Å². The van der Waals surface area contributed by atoms with Crippen LogP contribution in [-0.2, 0) is 12.7 Å². The number of alkyl halides is 3. The highest BCUT2D eigenvalue weighted by Crippen LogP contribution is 2.40. The van der Waals surface area contributed by atoms with Crippen LogP contribution in [0, 0.1) is 6.92 Å². The van der Waals surface area contributed by atoms with E-state index < -0.39 is 11.7 Å². The fraction of sp³-hybridized carbons (Fsp3) is 0.250. The van der Waals surface area contributed by atoms with Crippen LogP contribution in [0.25, 0.3) is 11.1 Å². The van der Waals surface area contributed by atoms with Gasteiger partial charge in [0.2, 0.25) is 5.88 Å². The van der Waals surface area contributed by atoms with Crippen LogP contribution in [0.1, 0.15) is 22.3 Å². The Labute approximate surface area is 125 Å². The molecule has 0 unspecified atom stereocenters. The van der Waals surface area contributed by atoms with Crippen molar-refractivity contribution in [3.63, 3.8) is 0 Å². The second kappa shape index (κ2) is 5.12. The summed E-state index contributed by atoms with van der Waals surface area (Å²) in [6, 6.07) is 4.04. The molecular weight excluding hydrogens is 293 g/mol. The van der Waals surface area contributed by atoms with Crippen LogP contribution < -0.4 is 4.74 Å². The summed E-state index contributed by atoms with van der Waals surface area (Å²) in [4.78, 5) is 8.20. The van der Waals surface area contributed by atoms with E-state index in [1.54, 1.807) is 18.5 Å². The molecule has 1 aliphatic heterocycles. The normalized spacial score (nSPS) is 13.3. The van der Waals surface area contributed by atoms with Crippen molar-refractivity contribution in [3.8, 4) is 17.0 Å². The van der Waals surface area contributed by atoms with Gasteiger partial charge in [0.1, 0.15) is 0 Å². The minimum absolute atomic E-state index is 0.258. The van der Waals surface area contributed by atoms with Crippen molar-refractivity contribution in [1.29, 1.82) is 0 Å². The number of hydrogen-bond acceptors (Lipinski definition) is 3. The fourth-order valence-electron chi connectivity index (χ4n) is 2.62. The number of ether oxygens (including phenoxy) is 1. The molecule has 6 heteroatoms. The lowest BCUT2D eigenvalue weighted by atomic mass is 9.92. The Morgan fingerprint density at radius 1 is 1.23 bits per heavy atom. The summed E-state index contributed by atoms with van der Waals surface area (Å²) in [5, 5.41) is 0. The van der Waals surface area contributed by atoms with Gasteiger partial charge in [0.25, 0.3) is 0 Å². The van der Waals surface area contributed by atoms with E-state index in [-0.39, 0.29) is 6.54 Å². The number of halogens is 3. The topological polar surface area (TPSA) is 34.5 Å². The molecule has 1 aliphatic rings. The van der Waals surface area contributed by atoms with Crippen LogP contribution in [0.15, 0.2) is 29.4 Å². The number of nitrogens with zero attached hydrogens (tertiary/aromatic N) is 2. The van der Waals surface area contributed by atoms with E-state index in [0.717, 1.165) is 17.7 Å². The van der Waals surface area contributed by atoms with E-state index >= 15 is 0 Å². The average molecular weight is 306 g/mol. The van der Waals surface area contributed by atoms with E-state index in [0.29, 0.717) is 28.1 Å². The molecule has 1 aromatic heterocycles. The standard InChI is InChI=1S/C16H13F3N2O/c1-9-3-4-21-15(22-2)14(9)12-6-11(16(17,18)19)5-10-7-20-8-13(10)12/h3-6,8H,7H2,1-2H3. The highest BCUT2D eigenvalue weighted by Gasteiger charge is 2.33. The lowest BCUT2D eigenvalue weighted by Gasteiger charge is -2.16. The number of fused-ring (bicyclic) bond motifs is 1. The summed E-state index contributed by atoms with van der Waals surface area (Å²) in [5.41, 5.74) is 2.40. The molecule has 0 saturated carbocycles. The molecular formula is C16H13F3N2O. The van der Waals surface area contributed by atoms with Gasteiger partial charge in [0.05, 0.1) is 19.2 Å². The number of methoxy groups -OCH3 is 1. The summed E-state index contributed by atoms with van der Waals surface area (Å²) in [5.74, 6) is 0.307. The molecule has 114 valence electrons. The zero-order valence-electron chi connectivity index (χ0n) is 12.0. The number of hydrogen-bond donors (Lipinski definition) is 0. The van der Waals surface area contributed by atoms with Crippen LogP contribution in [0.4, 0.5) is 13.2 Å². The summed E-state index contributed by atoms with van der Waals surface area (Å²) < 4.78 is 44.7. The maximum atomic E-state index is 13.1. The second-order valence-electron chi connectivity index (χ2n) is 5.08. The van der Waals surface area contributed by atoms with Crippen LogP contribution >= 0.6 is 0 Å². The molecule has 0 bridgehead atoms. The van der Waals surface area contributed by atoms with Gasteiger partial charge in [-0.15, -0.1) is 0 Å². The summed E-state index contributed by atoms with van der Waals surface area (Å²) in [6.07, 6.45) is -1.23. The molecule has 0 spiro atoms. The molecule has 0 N–H and O–H groups in total. The second-order valence-corrected chi connectivity index (χ2v) is 5.08. The molecule has 0 atom stereocenters. The molecule has 0 radical (unpaired) electrons. The quantitative estimate of drug-likeness (QED) is 0.840. The Morgan fingerprint density at radius 2 is 2.00 bits per heavy atom. The predicted octanol–water partition coefficient (Wildman–Crippen LogP) is 4.02. The molecule has 22 heavy (non-hydrogen) atoms. The summed E-state index contributed by atoms with van der Waals surface area (Å²) >= 11 is 0. The first-order valence-electron chi connectivity index (χ1n) is 6.65. The van der Waals surface area contributed by atoms with Gasteiger partial charge in [-0.2, -0.15) is 13.2 Å². The zero-order valence-corrected chi connectivity index (χ0v) is 12.0. The first-order valence-corrected chi connectivity index (χ1v) is 6.65. The summed E-state index contributed by atoms with van der Waals surface area (Å²) in [7, 11) is 1.45. The third kappa shape index (κ3) is 2.34. The molecule has 0 fully saturated rings. The highest BCUT2D eigenvalue weighted by atomic mass is 19.4. The van der Waals surface area contributed by atoms with Crippen LogP contribution in [-0.4, -0.2) is 18.3 Å². The minimum atomic E-state index is -4.41. The van der Waals surface area contributed by atoms with E-state index in [1.165, 1.54) is 7.11 Å². The number of rotatable bonds is 2. The Hall–Kier alpha value is -2.37. The maximum Gasteiger partial charge on any atom is 0.416 e. The molecule has 0 aliphatic carbocycles. The van der Waals surface area contributed by atoms with Crippen molar-refractivity contribution in [2.45, 2.75) is 19.6 Å². The predicted molar refractivity (Wildman–Crippen MR) is 77.3 cm³/mol. The number of aliphatic imine (C=N–C) groups is 1. The Balaban J connectivity index is 2.32. The zero-order chi connectivity index (χ0) is 15.9. The molecule has 0 amide bonds. The smallest absolute Gasteiger partial charge is 0.416 e. The van der Waals surface area contributed by atoms with Gasteiger partial charge in [0.15, 0.2) is 0 Å². The van der Waals surface area contributed by atoms with Gasteiger partial charge >= 0.3 is 6.18 Å². The molecule has 1 aromatic carbocycles. The van der Waals surface area contributed by atoms with E-state index in [2.05, 4.69) is 9.98 Å². The number of benzene rings is 1. The summed E-state index contributed by atoms with van der Waals surface area (Å²) in [6.45, 7) is 2.08. The molecule has 3 rings (SSSR count). The minimum Gasteiger partial charge on any atom is -0.481 e. The molecule has 0 saturated heterocycles. The average Bonchev–Trinajstić information content (AvgIpc) is 2.93. The van der Waals surface area contributed by atoms with Gasteiger partial charge in [-0.1, -0.05) is 0 Å². The molecule has 2 heterocycles. The first-order chi connectivity index (χ1) is 10.4. The van der Waals surface area contributed by atoms with Crippen molar-refractivity contribution in [2.24, 2.45) is 4.99 Å². The highest BCUT2D eigenvalue weighted by molar-refractivity contribution is 5.96. The Bertz CT molecular complexity index is 767. The van der Waals surface area contributed by atoms with Crippen LogP contribution in [0.3, 0.4) is 0 Å². The van der Waals surface area contributed by atoms with Crippen molar-refractivity contribution in [1.82, 2.24) is 4.98 Å². The maximum absolute atomic E-state index is 13.1. The van der Waals surface area contributed by atoms with E-state index in [4.69, 9.17) is 4.74 Å². The Morgan fingerprint density at radius 3 is 2.68 bits per heavy atom. The van der Waals surface area contributed by atoms with Gasteiger partial charge in [-0.05, 0) is 41.8 Å². The van der Waals surface area contributed by atoms with E-state index in [9.17, 15) is 13.2 Å². The lowest BCUT2D eigenvalue weighted by molar-refractivity contribution is -0.137. The van der Waals surface area contributed by atoms with Crippen LogP contribution in [0.2, 0.25) is 0 Å². The number of pyridine rings is 1. The van der Waals surface area contributed by atoms with Gasteiger partial charge in [-0.3, -0.25) is 4.99 Å². The number of aromatic nitrogens is 1. The third-order valence-electron chi connectivity index (χ3n) is 3.66. The van der Waals surface area contributed by atoms with Crippen molar-refractivity contribution >= 4 is 6.21 Å². The first kappa shape index (κ1) is 14.6. The largest absolute Gasteiger partial charge is 0.481 e.